The Morgan fingerprint density at radius 3 is 2.10 bits per heavy atom. The van der Waals surface area contributed by atoms with Crippen LogP contribution < -0.4 is 15.4 Å². The zero-order valence-corrected chi connectivity index (χ0v) is 15.5. The van der Waals surface area contributed by atoms with E-state index in [0.29, 0.717) is 12.8 Å². The smallest absolute Gasteiger partial charge is 0.406 e. The van der Waals surface area contributed by atoms with Gasteiger partial charge in [-0.05, 0) is 35.4 Å². The third-order valence-corrected chi connectivity index (χ3v) is 4.70. The van der Waals surface area contributed by atoms with Crippen molar-refractivity contribution in [3.63, 3.8) is 0 Å². The maximum atomic E-state index is 12.2. The monoisotopic (exact) mass is 408 g/mol. The lowest BCUT2D eigenvalue weighted by Gasteiger charge is -2.27. The van der Waals surface area contributed by atoms with Crippen LogP contribution in [0.3, 0.4) is 0 Å². The van der Waals surface area contributed by atoms with Crippen LogP contribution >= 0.6 is 0 Å². The van der Waals surface area contributed by atoms with Crippen LogP contribution in [0.15, 0.2) is 48.5 Å². The molecule has 0 saturated carbocycles. The van der Waals surface area contributed by atoms with Crippen LogP contribution in [0.25, 0.3) is 0 Å². The first-order chi connectivity index (χ1) is 13.7. The van der Waals surface area contributed by atoms with E-state index < -0.39 is 29.5 Å². The molecule has 0 heterocycles. The molecule has 0 bridgehead atoms. The van der Waals surface area contributed by atoms with Gasteiger partial charge in [-0.1, -0.05) is 24.3 Å². The number of nitrogens with one attached hydrogen (secondary N) is 2. The van der Waals surface area contributed by atoms with Crippen LogP contribution in [0.4, 0.5) is 18.9 Å². The highest BCUT2D eigenvalue weighted by atomic mass is 19.4. The Labute approximate surface area is 165 Å². The van der Waals surface area contributed by atoms with Gasteiger partial charge in [0.1, 0.15) is 5.75 Å². The highest BCUT2D eigenvalue weighted by Gasteiger charge is 2.38. The molecule has 1 aliphatic carbocycles. The van der Waals surface area contributed by atoms with Crippen molar-refractivity contribution in [3.05, 3.63) is 59.7 Å². The number of anilines is 1. The minimum Gasteiger partial charge on any atom is -0.406 e. The van der Waals surface area contributed by atoms with Gasteiger partial charge in [-0.25, -0.2) is 0 Å². The molecule has 1 aliphatic rings. The van der Waals surface area contributed by atoms with E-state index >= 15 is 0 Å². The summed E-state index contributed by atoms with van der Waals surface area (Å²) in [5.74, 6) is -2.23. The number of carbonyl (C=O) groups is 2. The van der Waals surface area contributed by atoms with E-state index in [1.807, 2.05) is 24.3 Å². The number of rotatable bonds is 5. The number of methoxy groups -OCH3 is 1. The average Bonchev–Trinajstić information content (AvgIpc) is 3.05. The maximum Gasteiger partial charge on any atom is 0.573 e. The Balaban J connectivity index is 1.54. The Hall–Kier alpha value is -3.07. The maximum absolute atomic E-state index is 12.2. The SMILES string of the molecule is COC1(CNC(=O)C(=O)Nc2ccc(OC(F)(F)F)cc2)Cc2ccccc2C1. The number of fused-ring (bicyclic) bond motifs is 1. The quantitative estimate of drug-likeness (QED) is 0.746. The molecule has 154 valence electrons. The van der Waals surface area contributed by atoms with Crippen LogP contribution in [-0.2, 0) is 27.2 Å². The molecule has 2 amide bonds. The topological polar surface area (TPSA) is 76.7 Å². The molecule has 0 aromatic heterocycles. The molecule has 0 aliphatic heterocycles. The summed E-state index contributed by atoms with van der Waals surface area (Å²) in [4.78, 5) is 24.2. The predicted octanol–water partition coefficient (Wildman–Crippen LogP) is 2.82. The van der Waals surface area contributed by atoms with Crippen LogP contribution in [0, 0.1) is 0 Å². The summed E-state index contributed by atoms with van der Waals surface area (Å²) >= 11 is 0. The van der Waals surface area contributed by atoms with Gasteiger partial charge in [0.05, 0.1) is 5.60 Å². The first-order valence-electron chi connectivity index (χ1n) is 8.77. The first kappa shape index (κ1) is 20.7. The van der Waals surface area contributed by atoms with Gasteiger partial charge < -0.3 is 20.1 Å². The van der Waals surface area contributed by atoms with Crippen LogP contribution in [0.5, 0.6) is 5.75 Å². The van der Waals surface area contributed by atoms with Gasteiger partial charge in [0, 0.05) is 32.2 Å². The summed E-state index contributed by atoms with van der Waals surface area (Å²) in [7, 11) is 1.56. The fourth-order valence-corrected chi connectivity index (χ4v) is 3.25. The number of ether oxygens (including phenoxy) is 2. The lowest BCUT2D eigenvalue weighted by atomic mass is 10.00. The zero-order chi connectivity index (χ0) is 21.1. The Morgan fingerprint density at radius 2 is 1.59 bits per heavy atom. The molecule has 2 N–H and O–H groups in total. The number of hydrogen-bond acceptors (Lipinski definition) is 4. The van der Waals surface area contributed by atoms with Gasteiger partial charge in [-0.3, -0.25) is 9.59 Å². The van der Waals surface area contributed by atoms with Crippen molar-refractivity contribution < 1.29 is 32.2 Å². The molecule has 0 radical (unpaired) electrons. The fourth-order valence-electron chi connectivity index (χ4n) is 3.25. The van der Waals surface area contributed by atoms with Gasteiger partial charge in [0.2, 0.25) is 0 Å². The van der Waals surface area contributed by atoms with Crippen molar-refractivity contribution in [2.45, 2.75) is 24.8 Å². The molecule has 2 aromatic carbocycles. The van der Waals surface area contributed by atoms with Crippen LogP contribution in [-0.4, -0.2) is 37.4 Å². The van der Waals surface area contributed by atoms with Gasteiger partial charge in [0.15, 0.2) is 0 Å². The van der Waals surface area contributed by atoms with E-state index in [-0.39, 0.29) is 12.2 Å². The van der Waals surface area contributed by atoms with Crippen molar-refractivity contribution in [3.8, 4) is 5.75 Å². The van der Waals surface area contributed by atoms with Gasteiger partial charge in [0.25, 0.3) is 0 Å². The van der Waals surface area contributed by atoms with Crippen LogP contribution in [0.2, 0.25) is 0 Å². The molecule has 9 heteroatoms. The highest BCUT2D eigenvalue weighted by molar-refractivity contribution is 6.39. The number of halogens is 3. The van der Waals surface area contributed by atoms with E-state index in [1.165, 1.54) is 12.1 Å². The number of amides is 2. The summed E-state index contributed by atoms with van der Waals surface area (Å²) in [5, 5.41) is 4.89. The number of benzene rings is 2. The lowest BCUT2D eigenvalue weighted by Crippen LogP contribution is -2.48. The van der Waals surface area contributed by atoms with E-state index in [2.05, 4.69) is 15.4 Å². The summed E-state index contributed by atoms with van der Waals surface area (Å²) < 4.78 is 45.9. The van der Waals surface area contributed by atoms with Crippen LogP contribution in [0.1, 0.15) is 11.1 Å². The number of hydrogen-bond donors (Lipinski definition) is 2. The minimum absolute atomic E-state index is 0.142. The molecule has 6 nitrogen and oxygen atoms in total. The second kappa shape index (κ2) is 8.12. The molecular weight excluding hydrogens is 389 g/mol. The van der Waals surface area contributed by atoms with Gasteiger partial charge >= 0.3 is 18.2 Å². The molecule has 0 fully saturated rings. The van der Waals surface area contributed by atoms with E-state index in [4.69, 9.17) is 4.74 Å². The van der Waals surface area contributed by atoms with Crippen molar-refractivity contribution >= 4 is 17.5 Å². The Morgan fingerprint density at radius 1 is 1.00 bits per heavy atom. The van der Waals surface area contributed by atoms with Crippen molar-refractivity contribution in [2.24, 2.45) is 0 Å². The highest BCUT2D eigenvalue weighted by Crippen LogP contribution is 2.32. The molecule has 3 rings (SSSR count). The van der Waals surface area contributed by atoms with Crippen molar-refractivity contribution in [2.75, 3.05) is 19.0 Å². The van der Waals surface area contributed by atoms with E-state index in [0.717, 1.165) is 23.3 Å². The normalized spacial score (nSPS) is 14.8. The summed E-state index contributed by atoms with van der Waals surface area (Å²) in [6.07, 6.45) is -3.58. The second-order valence-electron chi connectivity index (χ2n) is 6.72. The minimum atomic E-state index is -4.80. The number of carbonyl (C=O) groups excluding carboxylic acids is 2. The first-order valence-corrected chi connectivity index (χ1v) is 8.77. The summed E-state index contributed by atoms with van der Waals surface area (Å²) in [6.45, 7) is 0.142. The summed E-state index contributed by atoms with van der Waals surface area (Å²) in [5.41, 5.74) is 1.80. The molecule has 0 saturated heterocycles. The third kappa shape index (κ3) is 5.26. The van der Waals surface area contributed by atoms with Gasteiger partial charge in [-0.2, -0.15) is 0 Å². The third-order valence-electron chi connectivity index (χ3n) is 4.70. The fraction of sp³-hybridized carbons (Fsp3) is 0.300. The molecule has 2 aromatic rings. The molecular formula is C20H19F3N2O4. The zero-order valence-electron chi connectivity index (χ0n) is 15.5. The predicted molar refractivity (Wildman–Crippen MR) is 98.4 cm³/mol. The largest absolute Gasteiger partial charge is 0.573 e. The lowest BCUT2D eigenvalue weighted by molar-refractivity contribution is -0.274. The Bertz CT molecular complexity index is 872. The second-order valence-corrected chi connectivity index (χ2v) is 6.72. The van der Waals surface area contributed by atoms with E-state index in [9.17, 15) is 22.8 Å². The molecule has 29 heavy (non-hydrogen) atoms. The van der Waals surface area contributed by atoms with Crippen molar-refractivity contribution in [1.29, 1.82) is 0 Å². The number of alkyl halides is 3. The average molecular weight is 408 g/mol. The van der Waals surface area contributed by atoms with Gasteiger partial charge in [-0.15, -0.1) is 13.2 Å². The van der Waals surface area contributed by atoms with Crippen molar-refractivity contribution in [1.82, 2.24) is 5.32 Å². The molecule has 0 unspecified atom stereocenters. The molecule has 0 atom stereocenters. The standard InChI is InChI=1S/C20H19F3N2O4/c1-28-19(10-13-4-2-3-5-14(13)11-19)12-24-17(26)18(27)25-15-6-8-16(9-7-15)29-20(21,22)23/h2-9H,10-12H2,1H3,(H,24,26)(H,25,27). The Kier molecular flexibility index (Phi) is 5.78. The van der Waals surface area contributed by atoms with E-state index in [1.54, 1.807) is 7.11 Å². The summed E-state index contributed by atoms with van der Waals surface area (Å²) in [6, 6.07) is 12.3. The molecule has 0 spiro atoms.